The summed E-state index contributed by atoms with van der Waals surface area (Å²) in [5.74, 6) is 0.885. The van der Waals surface area contributed by atoms with E-state index in [1.807, 2.05) is 12.1 Å². The van der Waals surface area contributed by atoms with Gasteiger partial charge in [-0.3, -0.25) is 4.90 Å². The second-order valence-corrected chi connectivity index (χ2v) is 5.52. The van der Waals surface area contributed by atoms with Crippen molar-refractivity contribution in [2.45, 2.75) is 19.1 Å². The van der Waals surface area contributed by atoms with Crippen LogP contribution in [0.1, 0.15) is 18.5 Å². The van der Waals surface area contributed by atoms with Gasteiger partial charge in [-0.1, -0.05) is 22.9 Å². The highest BCUT2D eigenvalue weighted by Crippen LogP contribution is 2.36. The summed E-state index contributed by atoms with van der Waals surface area (Å²) in [7, 11) is 1.70. The van der Waals surface area contributed by atoms with E-state index >= 15 is 0 Å². The first-order valence-corrected chi connectivity index (χ1v) is 7.39. The van der Waals surface area contributed by atoms with Gasteiger partial charge in [0.15, 0.2) is 0 Å². The van der Waals surface area contributed by atoms with Crippen molar-refractivity contribution < 1.29 is 9.47 Å². The maximum absolute atomic E-state index is 5.87. The molecule has 5 heteroatoms. The Morgan fingerprint density at radius 3 is 2.95 bits per heavy atom. The fourth-order valence-corrected chi connectivity index (χ4v) is 3.05. The number of methoxy groups -OCH3 is 1. The minimum Gasteiger partial charge on any atom is -0.496 e. The maximum atomic E-state index is 5.87. The maximum Gasteiger partial charge on any atom is 0.123 e. The zero-order valence-corrected chi connectivity index (χ0v) is 13.0. The first kappa shape index (κ1) is 14.8. The summed E-state index contributed by atoms with van der Waals surface area (Å²) in [5.41, 5.74) is 7.01. The van der Waals surface area contributed by atoms with Gasteiger partial charge >= 0.3 is 0 Å². The molecule has 0 spiro atoms. The standard InChI is InChI=1S/C14H21BrN2O2/c1-3-17-6-7-19-13(9-16)14(17)11-8-10(15)4-5-12(11)18-2/h4-5,8,13-14H,3,6-7,9,16H2,1-2H3. The van der Waals surface area contributed by atoms with E-state index in [2.05, 4.69) is 33.8 Å². The second-order valence-electron chi connectivity index (χ2n) is 4.60. The number of morpholine rings is 1. The van der Waals surface area contributed by atoms with Crippen LogP contribution < -0.4 is 10.5 Å². The van der Waals surface area contributed by atoms with Crippen molar-refractivity contribution in [2.24, 2.45) is 5.73 Å². The number of ether oxygens (including phenoxy) is 2. The zero-order valence-electron chi connectivity index (χ0n) is 11.4. The number of nitrogens with two attached hydrogens (primary N) is 1. The summed E-state index contributed by atoms with van der Waals surface area (Å²) in [6.07, 6.45) is 0.0110. The Bertz CT molecular complexity index is 416. The Hall–Kier alpha value is -0.620. The molecule has 2 atom stereocenters. The molecule has 4 nitrogen and oxygen atoms in total. The van der Waals surface area contributed by atoms with Crippen LogP contribution >= 0.6 is 15.9 Å². The predicted molar refractivity (Wildman–Crippen MR) is 79.5 cm³/mol. The molecule has 1 aromatic carbocycles. The average molecular weight is 329 g/mol. The van der Waals surface area contributed by atoms with Gasteiger partial charge < -0.3 is 15.2 Å². The van der Waals surface area contributed by atoms with Gasteiger partial charge in [-0.05, 0) is 24.7 Å². The highest BCUT2D eigenvalue weighted by Gasteiger charge is 2.33. The van der Waals surface area contributed by atoms with E-state index in [-0.39, 0.29) is 12.1 Å². The molecule has 1 saturated heterocycles. The molecule has 1 aliphatic rings. The van der Waals surface area contributed by atoms with Crippen molar-refractivity contribution >= 4 is 15.9 Å². The molecule has 0 bridgehead atoms. The van der Waals surface area contributed by atoms with E-state index in [4.69, 9.17) is 15.2 Å². The molecule has 106 valence electrons. The number of benzene rings is 1. The van der Waals surface area contributed by atoms with E-state index in [0.717, 1.165) is 35.5 Å². The Balaban J connectivity index is 2.42. The van der Waals surface area contributed by atoms with Gasteiger partial charge in [0.25, 0.3) is 0 Å². The van der Waals surface area contributed by atoms with Gasteiger partial charge in [0.05, 0.1) is 25.9 Å². The van der Waals surface area contributed by atoms with Gasteiger partial charge in [0.1, 0.15) is 5.75 Å². The van der Waals surface area contributed by atoms with E-state index < -0.39 is 0 Å². The third-order valence-corrected chi connectivity index (χ3v) is 4.10. The van der Waals surface area contributed by atoms with Crippen molar-refractivity contribution in [1.29, 1.82) is 0 Å². The predicted octanol–water partition coefficient (Wildman–Crippen LogP) is 2.18. The largest absolute Gasteiger partial charge is 0.496 e. The first-order chi connectivity index (χ1) is 9.21. The molecule has 2 N–H and O–H groups in total. The summed E-state index contributed by atoms with van der Waals surface area (Å²) < 4.78 is 12.4. The molecule has 0 radical (unpaired) electrons. The SMILES string of the molecule is CCN1CCOC(CN)C1c1cc(Br)ccc1OC. The Kier molecular flexibility index (Phi) is 5.21. The monoisotopic (exact) mass is 328 g/mol. The Labute approximate surface area is 123 Å². The molecule has 2 rings (SSSR count). The van der Waals surface area contributed by atoms with Crippen molar-refractivity contribution in [3.05, 3.63) is 28.2 Å². The number of halogens is 1. The quantitative estimate of drug-likeness (QED) is 0.920. The van der Waals surface area contributed by atoms with Crippen LogP contribution in [0.4, 0.5) is 0 Å². The van der Waals surface area contributed by atoms with Crippen LogP contribution in [0, 0.1) is 0 Å². The van der Waals surface area contributed by atoms with Crippen LogP contribution in [0.3, 0.4) is 0 Å². The highest BCUT2D eigenvalue weighted by molar-refractivity contribution is 9.10. The smallest absolute Gasteiger partial charge is 0.123 e. The molecule has 0 amide bonds. The van der Waals surface area contributed by atoms with E-state index in [9.17, 15) is 0 Å². The number of nitrogens with zero attached hydrogens (tertiary/aromatic N) is 1. The minimum absolute atomic E-state index is 0.0110. The lowest BCUT2D eigenvalue weighted by Crippen LogP contribution is -2.48. The lowest BCUT2D eigenvalue weighted by atomic mass is 9.97. The lowest BCUT2D eigenvalue weighted by Gasteiger charge is -2.41. The van der Waals surface area contributed by atoms with E-state index in [0.29, 0.717) is 6.54 Å². The fourth-order valence-electron chi connectivity index (χ4n) is 2.67. The van der Waals surface area contributed by atoms with Crippen molar-refractivity contribution in [1.82, 2.24) is 4.90 Å². The molecule has 2 unspecified atom stereocenters. The van der Waals surface area contributed by atoms with Crippen LogP contribution in [0.15, 0.2) is 22.7 Å². The molecule has 1 heterocycles. The summed E-state index contributed by atoms with van der Waals surface area (Å²) in [4.78, 5) is 2.39. The van der Waals surface area contributed by atoms with Crippen LogP contribution in [0.5, 0.6) is 5.75 Å². The molecule has 1 fully saturated rings. The molecular formula is C14H21BrN2O2. The van der Waals surface area contributed by atoms with Crippen LogP contribution in [0.2, 0.25) is 0 Å². The summed E-state index contributed by atoms with van der Waals surface area (Å²) in [6, 6.07) is 6.22. The Morgan fingerprint density at radius 2 is 2.32 bits per heavy atom. The molecule has 1 aliphatic heterocycles. The number of hydrogen-bond donors (Lipinski definition) is 1. The molecule has 0 aliphatic carbocycles. The van der Waals surface area contributed by atoms with E-state index in [1.165, 1.54) is 0 Å². The van der Waals surface area contributed by atoms with Crippen LogP contribution in [-0.2, 0) is 4.74 Å². The molecule has 0 aromatic heterocycles. The molecule has 0 saturated carbocycles. The normalized spacial score (nSPS) is 24.4. The van der Waals surface area contributed by atoms with E-state index in [1.54, 1.807) is 7.11 Å². The van der Waals surface area contributed by atoms with Gasteiger partial charge in [0, 0.05) is 23.1 Å². The average Bonchev–Trinajstić information content (AvgIpc) is 2.46. The summed E-state index contributed by atoms with van der Waals surface area (Å²) >= 11 is 3.53. The Morgan fingerprint density at radius 1 is 1.53 bits per heavy atom. The molecular weight excluding hydrogens is 308 g/mol. The third-order valence-electron chi connectivity index (χ3n) is 3.60. The first-order valence-electron chi connectivity index (χ1n) is 6.60. The molecule has 19 heavy (non-hydrogen) atoms. The number of hydrogen-bond acceptors (Lipinski definition) is 4. The zero-order chi connectivity index (χ0) is 13.8. The highest BCUT2D eigenvalue weighted by atomic mass is 79.9. The van der Waals surface area contributed by atoms with Gasteiger partial charge in [0.2, 0.25) is 0 Å². The third kappa shape index (κ3) is 3.11. The number of rotatable bonds is 4. The fraction of sp³-hybridized carbons (Fsp3) is 0.571. The van der Waals surface area contributed by atoms with Gasteiger partial charge in [-0.25, -0.2) is 0 Å². The number of likely N-dealkylation sites (N-methyl/N-ethyl adjacent to an activating group) is 1. The van der Waals surface area contributed by atoms with Crippen LogP contribution in [0.25, 0.3) is 0 Å². The van der Waals surface area contributed by atoms with Gasteiger partial charge in [-0.15, -0.1) is 0 Å². The summed E-state index contributed by atoms with van der Waals surface area (Å²) in [6.45, 7) is 5.31. The molecule has 1 aromatic rings. The van der Waals surface area contributed by atoms with Gasteiger partial charge in [-0.2, -0.15) is 0 Å². The summed E-state index contributed by atoms with van der Waals surface area (Å²) in [5, 5.41) is 0. The minimum atomic E-state index is 0.0110. The van der Waals surface area contributed by atoms with Crippen molar-refractivity contribution in [3.8, 4) is 5.75 Å². The lowest BCUT2D eigenvalue weighted by molar-refractivity contribution is -0.0664. The van der Waals surface area contributed by atoms with Crippen molar-refractivity contribution in [2.75, 3.05) is 33.4 Å². The second kappa shape index (κ2) is 6.70. The van der Waals surface area contributed by atoms with Crippen molar-refractivity contribution in [3.63, 3.8) is 0 Å². The van der Waals surface area contributed by atoms with Crippen LogP contribution in [-0.4, -0.2) is 44.4 Å². The topological polar surface area (TPSA) is 47.7 Å².